The Labute approximate surface area is 145 Å². The second kappa shape index (κ2) is 6.06. The van der Waals surface area contributed by atoms with Gasteiger partial charge < -0.3 is 0 Å². The van der Waals surface area contributed by atoms with Gasteiger partial charge >= 0.3 is 0 Å². The third-order valence-corrected chi connectivity index (χ3v) is 4.23. The number of hydrogen-bond donors (Lipinski definition) is 0. The summed E-state index contributed by atoms with van der Waals surface area (Å²) in [5.74, 6) is 0. The fourth-order valence-electron chi connectivity index (χ4n) is 2.74. The molecule has 3 heteroatoms. The summed E-state index contributed by atoms with van der Waals surface area (Å²) in [6.45, 7) is 2.08. The standard InChI is InChI=1S/C21H15ClN2/c1-14-7-9-16(10-8-14)21-20(15-5-3-2-4-6-15)23-18-12-11-17(22)13-19(18)24-21/h2-13H,1H3. The highest BCUT2D eigenvalue weighted by Gasteiger charge is 2.13. The Bertz CT molecular complexity index is 1010. The molecule has 0 aliphatic carbocycles. The molecule has 0 unspecified atom stereocenters. The van der Waals surface area contributed by atoms with E-state index in [1.165, 1.54) is 5.56 Å². The smallest absolute Gasteiger partial charge is 0.0973 e. The van der Waals surface area contributed by atoms with Crippen molar-refractivity contribution < 1.29 is 0 Å². The largest absolute Gasteiger partial charge is 0.244 e. The first kappa shape index (κ1) is 14.9. The van der Waals surface area contributed by atoms with Crippen LogP contribution in [0.25, 0.3) is 33.5 Å². The van der Waals surface area contributed by atoms with E-state index in [9.17, 15) is 0 Å². The van der Waals surface area contributed by atoms with E-state index in [-0.39, 0.29) is 0 Å². The van der Waals surface area contributed by atoms with Gasteiger partial charge in [-0.05, 0) is 25.1 Å². The van der Waals surface area contributed by atoms with E-state index in [2.05, 4.69) is 43.3 Å². The van der Waals surface area contributed by atoms with E-state index in [0.717, 1.165) is 33.5 Å². The number of benzene rings is 3. The van der Waals surface area contributed by atoms with Crippen LogP contribution in [0.1, 0.15) is 5.56 Å². The second-order valence-corrected chi connectivity index (χ2v) is 6.22. The molecule has 0 atom stereocenters. The first-order valence-corrected chi connectivity index (χ1v) is 8.18. The molecule has 0 N–H and O–H groups in total. The van der Waals surface area contributed by atoms with Crippen molar-refractivity contribution in [3.63, 3.8) is 0 Å². The summed E-state index contributed by atoms with van der Waals surface area (Å²) in [6.07, 6.45) is 0. The van der Waals surface area contributed by atoms with Crippen LogP contribution in [-0.2, 0) is 0 Å². The fraction of sp³-hybridized carbons (Fsp3) is 0.0476. The van der Waals surface area contributed by atoms with Gasteiger partial charge in [-0.15, -0.1) is 0 Å². The monoisotopic (exact) mass is 330 g/mol. The molecule has 4 aromatic rings. The molecule has 1 aromatic heterocycles. The van der Waals surface area contributed by atoms with Gasteiger partial charge in [0, 0.05) is 16.1 Å². The van der Waals surface area contributed by atoms with Crippen molar-refractivity contribution in [2.45, 2.75) is 6.92 Å². The van der Waals surface area contributed by atoms with E-state index >= 15 is 0 Å². The summed E-state index contributed by atoms with van der Waals surface area (Å²) in [4.78, 5) is 9.73. The molecule has 0 fully saturated rings. The Balaban J connectivity index is 2.02. The third kappa shape index (κ3) is 2.77. The summed E-state index contributed by atoms with van der Waals surface area (Å²) < 4.78 is 0. The lowest BCUT2D eigenvalue weighted by atomic mass is 10.0. The molecule has 116 valence electrons. The van der Waals surface area contributed by atoms with Gasteiger partial charge in [-0.25, -0.2) is 9.97 Å². The number of fused-ring (bicyclic) bond motifs is 1. The number of nitrogens with zero attached hydrogens (tertiary/aromatic N) is 2. The quantitative estimate of drug-likeness (QED) is 0.455. The SMILES string of the molecule is Cc1ccc(-c2nc3cc(Cl)ccc3nc2-c2ccccc2)cc1. The highest BCUT2D eigenvalue weighted by Crippen LogP contribution is 2.31. The van der Waals surface area contributed by atoms with Crippen molar-refractivity contribution in [2.24, 2.45) is 0 Å². The highest BCUT2D eigenvalue weighted by atomic mass is 35.5. The van der Waals surface area contributed by atoms with Gasteiger partial charge in [0.1, 0.15) is 0 Å². The van der Waals surface area contributed by atoms with Gasteiger partial charge in [0.2, 0.25) is 0 Å². The Morgan fingerprint density at radius 1 is 0.667 bits per heavy atom. The molecule has 0 aliphatic rings. The normalized spacial score (nSPS) is 10.9. The fourth-order valence-corrected chi connectivity index (χ4v) is 2.90. The predicted molar refractivity (Wildman–Crippen MR) is 100 cm³/mol. The van der Waals surface area contributed by atoms with Gasteiger partial charge in [0.05, 0.1) is 22.4 Å². The van der Waals surface area contributed by atoms with Crippen LogP contribution in [0.5, 0.6) is 0 Å². The molecule has 0 bridgehead atoms. The molecule has 0 aliphatic heterocycles. The lowest BCUT2D eigenvalue weighted by Gasteiger charge is -2.11. The first-order chi connectivity index (χ1) is 11.7. The van der Waals surface area contributed by atoms with E-state index < -0.39 is 0 Å². The average Bonchev–Trinajstić information content (AvgIpc) is 2.62. The molecule has 3 aromatic carbocycles. The Morgan fingerprint density at radius 3 is 2.00 bits per heavy atom. The Hall–Kier alpha value is -2.71. The molecule has 0 saturated carbocycles. The number of aromatic nitrogens is 2. The predicted octanol–water partition coefficient (Wildman–Crippen LogP) is 5.93. The maximum Gasteiger partial charge on any atom is 0.0973 e. The van der Waals surface area contributed by atoms with Crippen molar-refractivity contribution in [1.29, 1.82) is 0 Å². The van der Waals surface area contributed by atoms with Crippen molar-refractivity contribution in [3.8, 4) is 22.5 Å². The van der Waals surface area contributed by atoms with Gasteiger partial charge in [-0.2, -0.15) is 0 Å². The van der Waals surface area contributed by atoms with Crippen LogP contribution in [0, 0.1) is 6.92 Å². The van der Waals surface area contributed by atoms with Crippen LogP contribution in [0.2, 0.25) is 5.02 Å². The lowest BCUT2D eigenvalue weighted by Crippen LogP contribution is -1.95. The molecule has 4 rings (SSSR count). The first-order valence-electron chi connectivity index (χ1n) is 7.80. The molecule has 1 heterocycles. The van der Waals surface area contributed by atoms with Crippen LogP contribution < -0.4 is 0 Å². The van der Waals surface area contributed by atoms with Gasteiger partial charge in [-0.1, -0.05) is 71.8 Å². The Morgan fingerprint density at radius 2 is 1.29 bits per heavy atom. The van der Waals surface area contributed by atoms with Crippen LogP contribution in [0.3, 0.4) is 0 Å². The molecule has 0 spiro atoms. The summed E-state index contributed by atoms with van der Waals surface area (Å²) >= 11 is 6.13. The van der Waals surface area contributed by atoms with E-state index in [0.29, 0.717) is 5.02 Å². The molecule has 2 nitrogen and oxygen atoms in total. The number of aryl methyl sites for hydroxylation is 1. The van der Waals surface area contributed by atoms with Crippen LogP contribution in [0.15, 0.2) is 72.8 Å². The van der Waals surface area contributed by atoms with Crippen LogP contribution in [-0.4, -0.2) is 9.97 Å². The highest BCUT2D eigenvalue weighted by molar-refractivity contribution is 6.31. The number of halogens is 1. The molecular weight excluding hydrogens is 316 g/mol. The number of rotatable bonds is 2. The van der Waals surface area contributed by atoms with E-state index in [4.69, 9.17) is 21.6 Å². The molecular formula is C21H15ClN2. The second-order valence-electron chi connectivity index (χ2n) is 5.79. The third-order valence-electron chi connectivity index (χ3n) is 4.00. The zero-order chi connectivity index (χ0) is 16.5. The van der Waals surface area contributed by atoms with Crippen molar-refractivity contribution in [1.82, 2.24) is 9.97 Å². The number of hydrogen-bond acceptors (Lipinski definition) is 2. The maximum absolute atomic E-state index is 6.13. The Kier molecular flexibility index (Phi) is 3.75. The van der Waals surface area contributed by atoms with Crippen molar-refractivity contribution in [2.75, 3.05) is 0 Å². The minimum atomic E-state index is 0.666. The van der Waals surface area contributed by atoms with Crippen molar-refractivity contribution >= 4 is 22.6 Å². The van der Waals surface area contributed by atoms with Gasteiger partial charge in [0.25, 0.3) is 0 Å². The summed E-state index contributed by atoms with van der Waals surface area (Å²) in [5, 5.41) is 0.666. The molecule has 0 saturated heterocycles. The molecule has 0 amide bonds. The zero-order valence-corrected chi connectivity index (χ0v) is 14.0. The van der Waals surface area contributed by atoms with Crippen LogP contribution in [0.4, 0.5) is 0 Å². The minimum absolute atomic E-state index is 0.666. The van der Waals surface area contributed by atoms with E-state index in [1.54, 1.807) is 0 Å². The van der Waals surface area contributed by atoms with Gasteiger partial charge in [-0.3, -0.25) is 0 Å². The maximum atomic E-state index is 6.13. The minimum Gasteiger partial charge on any atom is -0.244 e. The lowest BCUT2D eigenvalue weighted by molar-refractivity contribution is 1.29. The molecule has 0 radical (unpaired) electrons. The van der Waals surface area contributed by atoms with Crippen molar-refractivity contribution in [3.05, 3.63) is 83.4 Å². The summed E-state index contributed by atoms with van der Waals surface area (Å²) in [7, 11) is 0. The van der Waals surface area contributed by atoms with Crippen LogP contribution >= 0.6 is 11.6 Å². The molecule has 24 heavy (non-hydrogen) atoms. The van der Waals surface area contributed by atoms with E-state index in [1.807, 2.05) is 36.4 Å². The van der Waals surface area contributed by atoms with Gasteiger partial charge in [0.15, 0.2) is 0 Å². The average molecular weight is 331 g/mol. The zero-order valence-electron chi connectivity index (χ0n) is 13.2. The topological polar surface area (TPSA) is 25.8 Å². The summed E-state index contributed by atoms with van der Waals surface area (Å²) in [6, 6.07) is 24.1. The summed E-state index contributed by atoms with van der Waals surface area (Å²) in [5.41, 5.74) is 6.72.